The summed E-state index contributed by atoms with van der Waals surface area (Å²) < 4.78 is 11.1. The minimum absolute atomic E-state index is 0.0365. The molecule has 4 nitrogen and oxygen atoms in total. The van der Waals surface area contributed by atoms with Crippen LogP contribution in [0.2, 0.25) is 0 Å². The van der Waals surface area contributed by atoms with Gasteiger partial charge in [0.25, 0.3) is 0 Å². The van der Waals surface area contributed by atoms with Crippen molar-refractivity contribution in [2.45, 2.75) is 45.3 Å². The quantitative estimate of drug-likeness (QED) is 0.702. The predicted molar refractivity (Wildman–Crippen MR) is 75.0 cm³/mol. The highest BCUT2D eigenvalue weighted by molar-refractivity contribution is 4.88. The summed E-state index contributed by atoms with van der Waals surface area (Å²) in [5, 5.41) is 3.38. The number of morpholine rings is 1. The molecule has 1 rings (SSSR count). The number of hydrogen-bond donors (Lipinski definition) is 1. The third-order valence-corrected chi connectivity index (χ3v) is 3.07. The molecule has 4 heteroatoms. The molecule has 1 N–H and O–H groups in total. The molecular formula is C14H30N2O2. The van der Waals surface area contributed by atoms with Gasteiger partial charge in [0, 0.05) is 26.7 Å². The van der Waals surface area contributed by atoms with Crippen molar-refractivity contribution in [3.8, 4) is 0 Å². The third-order valence-electron chi connectivity index (χ3n) is 3.07. The number of nitrogens with one attached hydrogen (secondary N) is 1. The van der Waals surface area contributed by atoms with Gasteiger partial charge in [-0.3, -0.25) is 4.90 Å². The number of ether oxygens (including phenoxy) is 2. The van der Waals surface area contributed by atoms with Gasteiger partial charge in [-0.15, -0.1) is 0 Å². The van der Waals surface area contributed by atoms with Crippen molar-refractivity contribution in [1.82, 2.24) is 10.2 Å². The molecule has 0 bridgehead atoms. The Morgan fingerprint density at radius 1 is 1.11 bits per heavy atom. The Bertz CT molecular complexity index is 226. The van der Waals surface area contributed by atoms with Crippen LogP contribution < -0.4 is 5.32 Å². The Kier molecular flexibility index (Phi) is 6.05. The van der Waals surface area contributed by atoms with Crippen LogP contribution in [0.25, 0.3) is 0 Å². The lowest BCUT2D eigenvalue weighted by molar-refractivity contribution is -0.180. The highest BCUT2D eigenvalue weighted by atomic mass is 16.5. The summed E-state index contributed by atoms with van der Waals surface area (Å²) in [6, 6.07) is 0. The molecule has 1 saturated heterocycles. The average molecular weight is 258 g/mol. The maximum absolute atomic E-state index is 6.08. The van der Waals surface area contributed by atoms with Gasteiger partial charge >= 0.3 is 0 Å². The number of nitrogens with zero attached hydrogens (tertiary/aromatic N) is 1. The van der Waals surface area contributed by atoms with E-state index in [9.17, 15) is 0 Å². The maximum Gasteiger partial charge on any atom is 0.0760 e. The number of methoxy groups -OCH3 is 1. The lowest BCUT2D eigenvalue weighted by atomic mass is 9.99. The minimum Gasteiger partial charge on any atom is -0.383 e. The van der Waals surface area contributed by atoms with E-state index in [0.717, 1.165) is 39.3 Å². The van der Waals surface area contributed by atoms with Gasteiger partial charge in [0.05, 0.1) is 17.8 Å². The maximum atomic E-state index is 6.08. The van der Waals surface area contributed by atoms with Gasteiger partial charge in [-0.1, -0.05) is 0 Å². The Labute approximate surface area is 112 Å². The fraction of sp³-hybridized carbons (Fsp3) is 1.00. The van der Waals surface area contributed by atoms with E-state index >= 15 is 0 Å². The van der Waals surface area contributed by atoms with Crippen LogP contribution in [0.3, 0.4) is 0 Å². The summed E-state index contributed by atoms with van der Waals surface area (Å²) in [5.41, 5.74) is -0.0730. The zero-order valence-corrected chi connectivity index (χ0v) is 12.7. The van der Waals surface area contributed by atoms with Crippen LogP contribution in [0.5, 0.6) is 0 Å². The van der Waals surface area contributed by atoms with E-state index in [1.54, 1.807) is 7.11 Å². The van der Waals surface area contributed by atoms with Gasteiger partial charge in [-0.05, 0) is 47.2 Å². The monoisotopic (exact) mass is 258 g/mol. The van der Waals surface area contributed by atoms with E-state index < -0.39 is 0 Å². The van der Waals surface area contributed by atoms with Crippen molar-refractivity contribution in [2.24, 2.45) is 0 Å². The van der Waals surface area contributed by atoms with Gasteiger partial charge in [0.2, 0.25) is 0 Å². The second-order valence-corrected chi connectivity index (χ2v) is 6.43. The van der Waals surface area contributed by atoms with Crippen molar-refractivity contribution in [3.05, 3.63) is 0 Å². The van der Waals surface area contributed by atoms with Gasteiger partial charge in [-0.2, -0.15) is 0 Å². The molecule has 108 valence electrons. The van der Waals surface area contributed by atoms with Gasteiger partial charge in [0.15, 0.2) is 0 Å². The summed E-state index contributed by atoms with van der Waals surface area (Å²) in [7, 11) is 1.74. The molecule has 0 radical (unpaired) electrons. The first-order chi connectivity index (χ1) is 8.35. The molecular weight excluding hydrogens is 228 g/mol. The highest BCUT2D eigenvalue weighted by Gasteiger charge is 2.37. The molecule has 0 aromatic heterocycles. The lowest BCUT2D eigenvalue weighted by Crippen LogP contribution is -2.57. The van der Waals surface area contributed by atoms with Gasteiger partial charge in [-0.25, -0.2) is 0 Å². The zero-order valence-electron chi connectivity index (χ0n) is 12.7. The van der Waals surface area contributed by atoms with E-state index in [0.29, 0.717) is 0 Å². The van der Waals surface area contributed by atoms with Crippen molar-refractivity contribution in [3.63, 3.8) is 0 Å². The highest BCUT2D eigenvalue weighted by Crippen LogP contribution is 2.27. The Balaban J connectivity index is 2.21. The summed E-state index contributed by atoms with van der Waals surface area (Å²) in [6.45, 7) is 14.7. The topological polar surface area (TPSA) is 33.7 Å². The number of hydrogen-bond acceptors (Lipinski definition) is 4. The van der Waals surface area contributed by atoms with E-state index in [4.69, 9.17) is 9.47 Å². The summed E-state index contributed by atoms with van der Waals surface area (Å²) in [6.07, 6.45) is 1.18. The molecule has 1 aliphatic rings. The molecule has 0 aromatic carbocycles. The van der Waals surface area contributed by atoms with Crippen LogP contribution in [0, 0.1) is 0 Å². The van der Waals surface area contributed by atoms with Gasteiger partial charge in [0.1, 0.15) is 0 Å². The molecule has 0 atom stereocenters. The Morgan fingerprint density at radius 3 is 2.28 bits per heavy atom. The third kappa shape index (κ3) is 6.14. The first-order valence-electron chi connectivity index (χ1n) is 6.97. The molecule has 1 heterocycles. The summed E-state index contributed by atoms with van der Waals surface area (Å²) >= 11 is 0. The van der Waals surface area contributed by atoms with Crippen LogP contribution in [0.1, 0.15) is 34.1 Å². The average Bonchev–Trinajstić information content (AvgIpc) is 2.18. The van der Waals surface area contributed by atoms with Crippen molar-refractivity contribution >= 4 is 0 Å². The van der Waals surface area contributed by atoms with E-state index in [2.05, 4.69) is 37.9 Å². The number of rotatable bonds is 7. The normalized spacial score (nSPS) is 23.2. The predicted octanol–water partition coefficient (Wildman–Crippen LogP) is 1.50. The van der Waals surface area contributed by atoms with Crippen molar-refractivity contribution in [1.29, 1.82) is 0 Å². The van der Waals surface area contributed by atoms with Crippen LogP contribution >= 0.6 is 0 Å². The zero-order chi connectivity index (χ0) is 13.6. The fourth-order valence-corrected chi connectivity index (χ4v) is 2.83. The molecule has 0 aliphatic carbocycles. The molecule has 0 saturated carbocycles. The van der Waals surface area contributed by atoms with Crippen molar-refractivity contribution < 1.29 is 9.47 Å². The second-order valence-electron chi connectivity index (χ2n) is 6.43. The van der Waals surface area contributed by atoms with E-state index in [1.807, 2.05) is 0 Å². The Morgan fingerprint density at radius 2 is 1.72 bits per heavy atom. The van der Waals surface area contributed by atoms with Crippen LogP contribution in [-0.4, -0.2) is 62.5 Å². The smallest absolute Gasteiger partial charge is 0.0760 e. The van der Waals surface area contributed by atoms with Crippen LogP contribution in [0.15, 0.2) is 0 Å². The Hall–Kier alpha value is -0.160. The summed E-state index contributed by atoms with van der Waals surface area (Å²) in [4.78, 5) is 2.52. The van der Waals surface area contributed by atoms with E-state index in [1.165, 1.54) is 6.42 Å². The SMILES string of the molecule is COCCNCCCN1CC(C)(C)OC(C)(C)C1. The van der Waals surface area contributed by atoms with Crippen molar-refractivity contribution in [2.75, 3.05) is 46.4 Å². The minimum atomic E-state index is -0.0365. The first kappa shape index (κ1) is 15.9. The van der Waals surface area contributed by atoms with Gasteiger partial charge < -0.3 is 14.8 Å². The molecule has 1 fully saturated rings. The lowest BCUT2D eigenvalue weighted by Gasteiger charge is -2.47. The first-order valence-corrected chi connectivity index (χ1v) is 6.97. The van der Waals surface area contributed by atoms with Crippen LogP contribution in [-0.2, 0) is 9.47 Å². The largest absolute Gasteiger partial charge is 0.383 e. The molecule has 1 aliphatic heterocycles. The standard InChI is InChI=1S/C14H30N2O2/c1-13(2)11-16(12-14(3,4)18-13)9-6-7-15-8-10-17-5/h15H,6-12H2,1-5H3. The fourth-order valence-electron chi connectivity index (χ4n) is 2.83. The molecule has 0 unspecified atom stereocenters. The molecule has 0 spiro atoms. The molecule has 0 amide bonds. The second kappa shape index (κ2) is 6.85. The molecule has 0 aromatic rings. The van der Waals surface area contributed by atoms with E-state index in [-0.39, 0.29) is 11.2 Å². The van der Waals surface area contributed by atoms with Crippen LogP contribution in [0.4, 0.5) is 0 Å². The summed E-state index contributed by atoms with van der Waals surface area (Å²) in [5.74, 6) is 0. The molecule has 18 heavy (non-hydrogen) atoms.